The van der Waals surface area contributed by atoms with Crippen LogP contribution in [-0.4, -0.2) is 56.7 Å². The molecular weight excluding hydrogens is 332 g/mol. The van der Waals surface area contributed by atoms with E-state index in [-0.39, 0.29) is 24.8 Å². The maximum absolute atomic E-state index is 12.4. The summed E-state index contributed by atoms with van der Waals surface area (Å²) < 4.78 is 10.1. The number of benzene rings is 2. The van der Waals surface area contributed by atoms with E-state index < -0.39 is 0 Å². The zero-order valence-corrected chi connectivity index (χ0v) is 15.4. The molecule has 1 amide bonds. The fourth-order valence-corrected chi connectivity index (χ4v) is 2.69. The minimum atomic E-state index is -0.293. The van der Waals surface area contributed by atoms with Gasteiger partial charge < -0.3 is 14.8 Å². The van der Waals surface area contributed by atoms with Crippen molar-refractivity contribution in [2.24, 2.45) is 0 Å². The SMILES string of the molecule is CCOC(=O)CN(CCOC)CCC(=O)Nc1cccc2ccccc12. The van der Waals surface area contributed by atoms with Crippen LogP contribution in [0, 0.1) is 0 Å². The number of methoxy groups -OCH3 is 1. The molecule has 0 saturated carbocycles. The zero-order valence-electron chi connectivity index (χ0n) is 15.4. The second-order valence-corrected chi connectivity index (χ2v) is 5.90. The topological polar surface area (TPSA) is 67.9 Å². The molecule has 0 saturated heterocycles. The highest BCUT2D eigenvalue weighted by atomic mass is 16.5. The normalized spacial score (nSPS) is 10.9. The van der Waals surface area contributed by atoms with Gasteiger partial charge in [0.05, 0.1) is 19.8 Å². The van der Waals surface area contributed by atoms with Gasteiger partial charge in [-0.3, -0.25) is 14.5 Å². The zero-order chi connectivity index (χ0) is 18.8. The molecule has 0 spiro atoms. The van der Waals surface area contributed by atoms with E-state index in [4.69, 9.17) is 9.47 Å². The molecule has 0 bridgehead atoms. The van der Waals surface area contributed by atoms with E-state index in [0.29, 0.717) is 26.3 Å². The molecule has 2 rings (SSSR count). The number of ether oxygens (including phenoxy) is 2. The molecular formula is C20H26N2O4. The van der Waals surface area contributed by atoms with Gasteiger partial charge in [-0.25, -0.2) is 0 Å². The molecule has 0 aliphatic heterocycles. The number of carbonyl (C=O) groups is 2. The van der Waals surface area contributed by atoms with Crippen LogP contribution in [0.2, 0.25) is 0 Å². The van der Waals surface area contributed by atoms with Crippen LogP contribution in [0.5, 0.6) is 0 Å². The molecule has 140 valence electrons. The fourth-order valence-electron chi connectivity index (χ4n) is 2.69. The lowest BCUT2D eigenvalue weighted by molar-refractivity contribution is -0.144. The second-order valence-electron chi connectivity index (χ2n) is 5.90. The van der Waals surface area contributed by atoms with Crippen LogP contribution in [0.15, 0.2) is 42.5 Å². The maximum Gasteiger partial charge on any atom is 0.320 e. The van der Waals surface area contributed by atoms with Crippen molar-refractivity contribution < 1.29 is 19.1 Å². The molecule has 0 aliphatic rings. The third-order valence-corrected chi connectivity index (χ3v) is 3.99. The Bertz CT molecular complexity index is 727. The average Bonchev–Trinajstić information content (AvgIpc) is 2.64. The summed E-state index contributed by atoms with van der Waals surface area (Å²) >= 11 is 0. The van der Waals surface area contributed by atoms with Crippen LogP contribution in [-0.2, 0) is 19.1 Å². The predicted octanol–water partition coefficient (Wildman–Crippen LogP) is 2.68. The molecule has 0 heterocycles. The predicted molar refractivity (Wildman–Crippen MR) is 102 cm³/mol. The molecule has 1 N–H and O–H groups in total. The van der Waals surface area contributed by atoms with Gasteiger partial charge in [0, 0.05) is 37.7 Å². The Kier molecular flexibility index (Phi) is 8.05. The van der Waals surface area contributed by atoms with Crippen molar-refractivity contribution in [3.05, 3.63) is 42.5 Å². The summed E-state index contributed by atoms with van der Waals surface area (Å²) in [5, 5.41) is 5.05. The van der Waals surface area contributed by atoms with Gasteiger partial charge in [0.1, 0.15) is 0 Å². The van der Waals surface area contributed by atoms with Gasteiger partial charge in [-0.1, -0.05) is 36.4 Å². The van der Waals surface area contributed by atoms with Crippen molar-refractivity contribution in [1.82, 2.24) is 4.90 Å². The lowest BCUT2D eigenvalue weighted by Crippen LogP contribution is -2.36. The third-order valence-electron chi connectivity index (χ3n) is 3.99. The summed E-state index contributed by atoms with van der Waals surface area (Å²) in [5.74, 6) is -0.384. The molecule has 0 unspecified atom stereocenters. The number of nitrogens with one attached hydrogen (secondary N) is 1. The Morgan fingerprint density at radius 1 is 1.08 bits per heavy atom. The van der Waals surface area contributed by atoms with Crippen molar-refractivity contribution in [3.63, 3.8) is 0 Å². The van der Waals surface area contributed by atoms with Crippen molar-refractivity contribution in [2.75, 3.05) is 45.3 Å². The number of esters is 1. The standard InChI is InChI=1S/C20H26N2O4/c1-3-26-20(24)15-22(13-14-25-2)12-11-19(23)21-18-10-6-8-16-7-4-5-9-17(16)18/h4-10H,3,11-15H2,1-2H3,(H,21,23). The first kappa shape index (κ1) is 19.9. The quantitative estimate of drug-likeness (QED) is 0.662. The van der Waals surface area contributed by atoms with Crippen LogP contribution in [0.3, 0.4) is 0 Å². The first-order valence-electron chi connectivity index (χ1n) is 8.78. The van der Waals surface area contributed by atoms with Gasteiger partial charge in [-0.05, 0) is 18.4 Å². The number of rotatable bonds is 10. The Morgan fingerprint density at radius 3 is 2.62 bits per heavy atom. The van der Waals surface area contributed by atoms with Crippen LogP contribution >= 0.6 is 0 Å². The van der Waals surface area contributed by atoms with Crippen molar-refractivity contribution in [3.8, 4) is 0 Å². The molecule has 6 heteroatoms. The first-order valence-corrected chi connectivity index (χ1v) is 8.78. The second kappa shape index (κ2) is 10.5. The van der Waals surface area contributed by atoms with Crippen molar-refractivity contribution in [1.29, 1.82) is 0 Å². The van der Waals surface area contributed by atoms with Crippen molar-refractivity contribution in [2.45, 2.75) is 13.3 Å². The van der Waals surface area contributed by atoms with Gasteiger partial charge in [-0.15, -0.1) is 0 Å². The van der Waals surface area contributed by atoms with Gasteiger partial charge in [-0.2, -0.15) is 0 Å². The number of anilines is 1. The van der Waals surface area contributed by atoms with E-state index in [2.05, 4.69) is 5.32 Å². The Balaban J connectivity index is 1.93. The summed E-state index contributed by atoms with van der Waals surface area (Å²) in [5.41, 5.74) is 0.793. The van der Waals surface area contributed by atoms with Crippen LogP contribution < -0.4 is 5.32 Å². The minimum absolute atomic E-state index is 0.0902. The number of carbonyl (C=O) groups excluding carboxylic acids is 2. The van der Waals surface area contributed by atoms with E-state index in [1.807, 2.05) is 47.4 Å². The third kappa shape index (κ3) is 6.13. The highest BCUT2D eigenvalue weighted by Gasteiger charge is 2.14. The largest absolute Gasteiger partial charge is 0.465 e. The summed E-state index contributed by atoms with van der Waals surface area (Å²) in [4.78, 5) is 25.9. The molecule has 26 heavy (non-hydrogen) atoms. The van der Waals surface area contributed by atoms with E-state index in [0.717, 1.165) is 16.5 Å². The first-order chi connectivity index (χ1) is 12.6. The number of hydrogen-bond acceptors (Lipinski definition) is 5. The molecule has 0 atom stereocenters. The molecule has 6 nitrogen and oxygen atoms in total. The molecule has 0 radical (unpaired) electrons. The molecule has 0 aliphatic carbocycles. The summed E-state index contributed by atoms with van der Waals surface area (Å²) in [6.07, 6.45) is 0.284. The minimum Gasteiger partial charge on any atom is -0.465 e. The average molecular weight is 358 g/mol. The number of nitrogens with zero attached hydrogens (tertiary/aromatic N) is 1. The van der Waals surface area contributed by atoms with E-state index in [9.17, 15) is 9.59 Å². The Morgan fingerprint density at radius 2 is 1.85 bits per heavy atom. The highest BCUT2D eigenvalue weighted by molar-refractivity contribution is 6.02. The Labute approximate surface area is 154 Å². The van der Waals surface area contributed by atoms with Gasteiger partial charge in [0.25, 0.3) is 0 Å². The van der Waals surface area contributed by atoms with Crippen LogP contribution in [0.4, 0.5) is 5.69 Å². The molecule has 2 aromatic carbocycles. The molecule has 0 aromatic heterocycles. The smallest absolute Gasteiger partial charge is 0.320 e. The van der Waals surface area contributed by atoms with Crippen LogP contribution in [0.1, 0.15) is 13.3 Å². The number of amides is 1. The number of hydrogen-bond donors (Lipinski definition) is 1. The number of fused-ring (bicyclic) bond motifs is 1. The Hall–Kier alpha value is -2.44. The van der Waals surface area contributed by atoms with E-state index in [1.165, 1.54) is 0 Å². The maximum atomic E-state index is 12.4. The van der Waals surface area contributed by atoms with Crippen molar-refractivity contribution >= 4 is 28.3 Å². The molecule has 2 aromatic rings. The van der Waals surface area contributed by atoms with Gasteiger partial charge >= 0.3 is 5.97 Å². The van der Waals surface area contributed by atoms with E-state index in [1.54, 1.807) is 14.0 Å². The van der Waals surface area contributed by atoms with E-state index >= 15 is 0 Å². The lowest BCUT2D eigenvalue weighted by Gasteiger charge is -2.20. The summed E-state index contributed by atoms with van der Waals surface area (Å²) in [6, 6.07) is 13.7. The van der Waals surface area contributed by atoms with Gasteiger partial charge in [0.15, 0.2) is 0 Å². The summed E-state index contributed by atoms with van der Waals surface area (Å²) in [6.45, 7) is 3.78. The highest BCUT2D eigenvalue weighted by Crippen LogP contribution is 2.22. The van der Waals surface area contributed by atoms with Crippen LogP contribution in [0.25, 0.3) is 10.8 Å². The van der Waals surface area contributed by atoms with Gasteiger partial charge in [0.2, 0.25) is 5.91 Å². The lowest BCUT2D eigenvalue weighted by atomic mass is 10.1. The summed E-state index contributed by atoms with van der Waals surface area (Å²) in [7, 11) is 1.61. The molecule has 0 fully saturated rings. The monoisotopic (exact) mass is 358 g/mol. The fraction of sp³-hybridized carbons (Fsp3) is 0.400.